The molecule has 1 aromatic carbocycles. The first-order chi connectivity index (χ1) is 8.11. The SMILES string of the molecule is CCc1nc(Br)cc(-c2cccc(F)c2F)n1. The van der Waals surface area contributed by atoms with Crippen LogP contribution in [-0.2, 0) is 6.42 Å². The Labute approximate surface area is 106 Å². The van der Waals surface area contributed by atoms with Crippen LogP contribution in [0.3, 0.4) is 0 Å². The lowest BCUT2D eigenvalue weighted by molar-refractivity contribution is 0.511. The first-order valence-electron chi connectivity index (χ1n) is 5.09. The molecule has 0 amide bonds. The Balaban J connectivity index is 2.60. The number of aromatic nitrogens is 2. The Morgan fingerprint density at radius 2 is 2.00 bits per heavy atom. The van der Waals surface area contributed by atoms with Gasteiger partial charge in [0.25, 0.3) is 0 Å². The van der Waals surface area contributed by atoms with Gasteiger partial charge in [-0.05, 0) is 34.1 Å². The van der Waals surface area contributed by atoms with E-state index in [0.29, 0.717) is 22.5 Å². The molecule has 0 spiro atoms. The van der Waals surface area contributed by atoms with Crippen LogP contribution in [0.4, 0.5) is 8.78 Å². The summed E-state index contributed by atoms with van der Waals surface area (Å²) in [7, 11) is 0. The second-order valence-corrected chi connectivity index (χ2v) is 4.26. The van der Waals surface area contributed by atoms with Crippen LogP contribution >= 0.6 is 15.9 Å². The average molecular weight is 299 g/mol. The van der Waals surface area contributed by atoms with E-state index in [2.05, 4.69) is 25.9 Å². The fourth-order valence-electron chi connectivity index (χ4n) is 1.46. The van der Waals surface area contributed by atoms with Gasteiger partial charge >= 0.3 is 0 Å². The zero-order chi connectivity index (χ0) is 12.4. The molecule has 0 aliphatic heterocycles. The predicted molar refractivity (Wildman–Crippen MR) is 64.5 cm³/mol. The minimum absolute atomic E-state index is 0.141. The summed E-state index contributed by atoms with van der Waals surface area (Å²) in [6.45, 7) is 1.90. The topological polar surface area (TPSA) is 25.8 Å². The van der Waals surface area contributed by atoms with Gasteiger partial charge in [-0.15, -0.1) is 0 Å². The minimum atomic E-state index is -0.889. The lowest BCUT2D eigenvalue weighted by atomic mass is 10.1. The van der Waals surface area contributed by atoms with Crippen molar-refractivity contribution in [1.29, 1.82) is 0 Å². The largest absolute Gasteiger partial charge is 0.233 e. The third-order valence-corrected chi connectivity index (χ3v) is 2.69. The van der Waals surface area contributed by atoms with Gasteiger partial charge in [0.15, 0.2) is 11.6 Å². The maximum absolute atomic E-state index is 13.6. The van der Waals surface area contributed by atoms with Gasteiger partial charge in [-0.25, -0.2) is 18.7 Å². The molecule has 1 aromatic heterocycles. The maximum atomic E-state index is 13.6. The molecule has 0 atom stereocenters. The Morgan fingerprint density at radius 3 is 2.71 bits per heavy atom. The van der Waals surface area contributed by atoms with Crippen molar-refractivity contribution in [3.8, 4) is 11.3 Å². The fraction of sp³-hybridized carbons (Fsp3) is 0.167. The van der Waals surface area contributed by atoms with Crippen LogP contribution in [0.5, 0.6) is 0 Å². The highest BCUT2D eigenvalue weighted by Gasteiger charge is 2.12. The Morgan fingerprint density at radius 1 is 1.24 bits per heavy atom. The maximum Gasteiger partial charge on any atom is 0.168 e. The number of hydrogen-bond acceptors (Lipinski definition) is 2. The molecule has 88 valence electrons. The molecule has 5 heteroatoms. The molecule has 0 unspecified atom stereocenters. The van der Waals surface area contributed by atoms with Crippen molar-refractivity contribution in [1.82, 2.24) is 9.97 Å². The zero-order valence-corrected chi connectivity index (χ0v) is 10.6. The summed E-state index contributed by atoms with van der Waals surface area (Å²) in [6.07, 6.45) is 0.628. The van der Waals surface area contributed by atoms with Crippen molar-refractivity contribution >= 4 is 15.9 Å². The van der Waals surface area contributed by atoms with Gasteiger partial charge in [-0.2, -0.15) is 0 Å². The van der Waals surface area contributed by atoms with E-state index in [1.165, 1.54) is 12.1 Å². The lowest BCUT2D eigenvalue weighted by Crippen LogP contribution is -1.98. The number of hydrogen-bond donors (Lipinski definition) is 0. The van der Waals surface area contributed by atoms with Crippen molar-refractivity contribution in [2.45, 2.75) is 13.3 Å². The summed E-state index contributed by atoms with van der Waals surface area (Å²) in [6, 6.07) is 5.59. The Bertz CT molecular complexity index is 558. The van der Waals surface area contributed by atoms with Crippen molar-refractivity contribution in [2.24, 2.45) is 0 Å². The molecule has 0 saturated heterocycles. The third kappa shape index (κ3) is 2.49. The molecule has 0 saturated carbocycles. The Hall–Kier alpha value is -1.36. The van der Waals surface area contributed by atoms with E-state index < -0.39 is 11.6 Å². The quantitative estimate of drug-likeness (QED) is 0.789. The van der Waals surface area contributed by atoms with Gasteiger partial charge in [0, 0.05) is 12.0 Å². The number of halogens is 3. The van der Waals surface area contributed by atoms with Crippen LogP contribution in [0.15, 0.2) is 28.9 Å². The number of aryl methyl sites for hydroxylation is 1. The second kappa shape index (κ2) is 4.87. The highest BCUT2D eigenvalue weighted by molar-refractivity contribution is 9.10. The van der Waals surface area contributed by atoms with Gasteiger partial charge < -0.3 is 0 Å². The molecular weight excluding hydrogens is 290 g/mol. The minimum Gasteiger partial charge on any atom is -0.233 e. The van der Waals surface area contributed by atoms with E-state index in [9.17, 15) is 8.78 Å². The van der Waals surface area contributed by atoms with Crippen LogP contribution in [0.1, 0.15) is 12.7 Å². The normalized spacial score (nSPS) is 10.6. The molecule has 0 aliphatic carbocycles. The summed E-state index contributed by atoms with van der Waals surface area (Å²) in [5, 5.41) is 0. The highest BCUT2D eigenvalue weighted by Crippen LogP contribution is 2.24. The molecular formula is C12H9BrF2N2. The molecule has 0 fully saturated rings. The monoisotopic (exact) mass is 298 g/mol. The summed E-state index contributed by atoms with van der Waals surface area (Å²) in [5.41, 5.74) is 0.517. The predicted octanol–water partition coefficient (Wildman–Crippen LogP) is 3.75. The number of nitrogens with zero attached hydrogens (tertiary/aromatic N) is 2. The second-order valence-electron chi connectivity index (χ2n) is 3.45. The van der Waals surface area contributed by atoms with Crippen molar-refractivity contribution in [3.05, 3.63) is 46.3 Å². The summed E-state index contributed by atoms with van der Waals surface area (Å²) >= 11 is 3.23. The summed E-state index contributed by atoms with van der Waals surface area (Å²) in [5.74, 6) is -1.19. The van der Waals surface area contributed by atoms with E-state index in [-0.39, 0.29) is 5.56 Å². The van der Waals surface area contributed by atoms with E-state index >= 15 is 0 Å². The van der Waals surface area contributed by atoms with E-state index in [0.717, 1.165) is 6.07 Å². The zero-order valence-electron chi connectivity index (χ0n) is 9.04. The number of benzene rings is 1. The smallest absolute Gasteiger partial charge is 0.168 e. The fourth-order valence-corrected chi connectivity index (χ4v) is 1.88. The first kappa shape index (κ1) is 12.1. The molecule has 2 nitrogen and oxygen atoms in total. The van der Waals surface area contributed by atoms with Gasteiger partial charge in [-0.3, -0.25) is 0 Å². The molecule has 0 bridgehead atoms. The summed E-state index contributed by atoms with van der Waals surface area (Å²) < 4.78 is 27.3. The lowest BCUT2D eigenvalue weighted by Gasteiger charge is -2.05. The molecule has 2 aromatic rings. The van der Waals surface area contributed by atoms with Crippen LogP contribution in [0.25, 0.3) is 11.3 Å². The molecule has 2 rings (SSSR count). The van der Waals surface area contributed by atoms with Crippen LogP contribution < -0.4 is 0 Å². The van der Waals surface area contributed by atoms with Gasteiger partial charge in [0.2, 0.25) is 0 Å². The van der Waals surface area contributed by atoms with Crippen LogP contribution in [0, 0.1) is 11.6 Å². The van der Waals surface area contributed by atoms with Crippen molar-refractivity contribution in [2.75, 3.05) is 0 Å². The highest BCUT2D eigenvalue weighted by atomic mass is 79.9. The van der Waals surface area contributed by atoms with Crippen LogP contribution in [0.2, 0.25) is 0 Å². The first-order valence-corrected chi connectivity index (χ1v) is 5.89. The van der Waals surface area contributed by atoms with E-state index in [4.69, 9.17) is 0 Å². The number of rotatable bonds is 2. The molecule has 0 N–H and O–H groups in total. The van der Waals surface area contributed by atoms with Crippen LogP contribution in [-0.4, -0.2) is 9.97 Å². The third-order valence-electron chi connectivity index (χ3n) is 2.28. The van der Waals surface area contributed by atoms with Crippen molar-refractivity contribution < 1.29 is 8.78 Å². The molecule has 17 heavy (non-hydrogen) atoms. The average Bonchev–Trinajstić information content (AvgIpc) is 2.31. The van der Waals surface area contributed by atoms with E-state index in [1.54, 1.807) is 6.07 Å². The van der Waals surface area contributed by atoms with Crippen molar-refractivity contribution in [3.63, 3.8) is 0 Å². The van der Waals surface area contributed by atoms with E-state index in [1.807, 2.05) is 6.92 Å². The molecule has 0 radical (unpaired) electrons. The standard InChI is InChI=1S/C12H9BrF2N2/c1-2-11-16-9(6-10(13)17-11)7-4-3-5-8(14)12(7)15/h3-6H,2H2,1H3. The van der Waals surface area contributed by atoms with Gasteiger partial charge in [-0.1, -0.05) is 13.0 Å². The van der Waals surface area contributed by atoms with Gasteiger partial charge in [0.05, 0.1) is 5.69 Å². The Kier molecular flexibility index (Phi) is 3.47. The molecule has 1 heterocycles. The summed E-state index contributed by atoms with van der Waals surface area (Å²) in [4.78, 5) is 8.30. The van der Waals surface area contributed by atoms with Gasteiger partial charge in [0.1, 0.15) is 10.4 Å². The molecule has 0 aliphatic rings.